The number of nitrogens with one attached hydrogen (secondary N) is 1. The third-order valence-corrected chi connectivity index (χ3v) is 6.39. The van der Waals surface area contributed by atoms with E-state index in [0.717, 1.165) is 57.2 Å². The van der Waals surface area contributed by atoms with Crippen LogP contribution >= 0.6 is 0 Å². The predicted octanol–water partition coefficient (Wildman–Crippen LogP) is 4.01. The Morgan fingerprint density at radius 3 is 2.58 bits per heavy atom. The van der Waals surface area contributed by atoms with Crippen molar-refractivity contribution in [2.45, 2.75) is 32.4 Å². The maximum absolute atomic E-state index is 13.9. The van der Waals surface area contributed by atoms with Crippen molar-refractivity contribution in [2.75, 3.05) is 31.5 Å². The molecule has 5 rings (SSSR count). The van der Waals surface area contributed by atoms with Gasteiger partial charge in [0.1, 0.15) is 6.26 Å². The number of halogens is 2. The number of benzene rings is 2. The van der Waals surface area contributed by atoms with E-state index in [1.165, 1.54) is 23.5 Å². The van der Waals surface area contributed by atoms with E-state index in [0.29, 0.717) is 24.5 Å². The van der Waals surface area contributed by atoms with Gasteiger partial charge in [0.15, 0.2) is 17.3 Å². The molecule has 172 valence electrons. The molecule has 33 heavy (non-hydrogen) atoms. The van der Waals surface area contributed by atoms with Gasteiger partial charge in [0.05, 0.1) is 6.54 Å². The Kier molecular flexibility index (Phi) is 6.20. The van der Waals surface area contributed by atoms with Crippen LogP contribution in [0.4, 0.5) is 14.5 Å². The zero-order chi connectivity index (χ0) is 22.8. The average Bonchev–Trinajstić information content (AvgIpc) is 3.47. The largest absolute Gasteiger partial charge is 0.447 e. The molecule has 2 heterocycles. The number of aryl methyl sites for hydroxylation is 2. The predicted molar refractivity (Wildman–Crippen MR) is 120 cm³/mol. The van der Waals surface area contributed by atoms with Gasteiger partial charge in [-0.3, -0.25) is 14.6 Å². The summed E-state index contributed by atoms with van der Waals surface area (Å²) in [6.07, 6.45) is 4.71. The quantitative estimate of drug-likeness (QED) is 0.612. The van der Waals surface area contributed by atoms with E-state index >= 15 is 0 Å². The van der Waals surface area contributed by atoms with Crippen molar-refractivity contribution in [3.63, 3.8) is 0 Å². The summed E-state index contributed by atoms with van der Waals surface area (Å²) in [6.45, 7) is 3.81. The lowest BCUT2D eigenvalue weighted by Gasteiger charge is -2.34. The number of rotatable bonds is 6. The van der Waals surface area contributed by atoms with Crippen molar-refractivity contribution in [3.8, 4) is 0 Å². The van der Waals surface area contributed by atoms with E-state index < -0.39 is 11.6 Å². The normalized spacial score (nSPS) is 16.7. The van der Waals surface area contributed by atoms with E-state index in [-0.39, 0.29) is 11.6 Å². The molecule has 0 radical (unpaired) electrons. The van der Waals surface area contributed by atoms with Crippen LogP contribution in [0.5, 0.6) is 0 Å². The fraction of sp³-hybridized carbons (Fsp3) is 0.360. The second kappa shape index (κ2) is 9.41. The minimum absolute atomic E-state index is 0.255. The van der Waals surface area contributed by atoms with Crippen LogP contribution in [0.15, 0.2) is 47.1 Å². The third-order valence-electron chi connectivity index (χ3n) is 6.39. The van der Waals surface area contributed by atoms with Crippen LogP contribution < -0.4 is 5.32 Å². The van der Waals surface area contributed by atoms with Crippen molar-refractivity contribution in [3.05, 3.63) is 82.6 Å². The number of hydrogen-bond donors (Lipinski definition) is 1. The number of fused-ring (bicyclic) bond motifs is 1. The van der Waals surface area contributed by atoms with Gasteiger partial charge in [-0.2, -0.15) is 0 Å². The third kappa shape index (κ3) is 4.96. The zero-order valence-corrected chi connectivity index (χ0v) is 18.3. The van der Waals surface area contributed by atoms with Crippen molar-refractivity contribution in [2.24, 2.45) is 0 Å². The van der Waals surface area contributed by atoms with Gasteiger partial charge in [0.2, 0.25) is 5.89 Å². The van der Waals surface area contributed by atoms with Gasteiger partial charge in [-0.25, -0.2) is 13.8 Å². The first kappa shape index (κ1) is 21.7. The molecule has 1 aliphatic carbocycles. The summed E-state index contributed by atoms with van der Waals surface area (Å²) in [5.74, 6) is -1.39. The first-order chi connectivity index (χ1) is 16.0. The van der Waals surface area contributed by atoms with Crippen molar-refractivity contribution in [1.82, 2.24) is 14.8 Å². The molecule has 1 amide bonds. The second-order valence-electron chi connectivity index (χ2n) is 8.68. The average molecular weight is 453 g/mol. The Labute approximate surface area is 191 Å². The lowest BCUT2D eigenvalue weighted by Crippen LogP contribution is -2.45. The SMILES string of the molecule is O=C(Nc1ccc2c(c1)CCC2)c1coc(CN2CCN(Cc3cccc(F)c3F)CC2)n1. The Morgan fingerprint density at radius 1 is 1.00 bits per heavy atom. The molecule has 1 aliphatic heterocycles. The smallest absolute Gasteiger partial charge is 0.277 e. The van der Waals surface area contributed by atoms with E-state index in [1.54, 1.807) is 6.07 Å². The summed E-state index contributed by atoms with van der Waals surface area (Å²) < 4.78 is 32.9. The molecule has 3 aromatic rings. The summed E-state index contributed by atoms with van der Waals surface area (Å²) in [4.78, 5) is 21.2. The van der Waals surface area contributed by atoms with Crippen LogP contribution in [-0.2, 0) is 25.9 Å². The van der Waals surface area contributed by atoms with Gasteiger partial charge in [-0.05, 0) is 48.6 Å². The summed E-state index contributed by atoms with van der Waals surface area (Å²) in [6, 6.07) is 10.3. The number of piperazine rings is 1. The number of carbonyl (C=O) groups excluding carboxylic acids is 1. The highest BCUT2D eigenvalue weighted by Crippen LogP contribution is 2.25. The van der Waals surface area contributed by atoms with Crippen LogP contribution in [0.2, 0.25) is 0 Å². The van der Waals surface area contributed by atoms with Crippen LogP contribution in [0, 0.1) is 11.6 Å². The first-order valence-corrected chi connectivity index (χ1v) is 11.3. The van der Waals surface area contributed by atoms with Gasteiger partial charge in [0.25, 0.3) is 5.91 Å². The van der Waals surface area contributed by atoms with Crippen molar-refractivity contribution < 1.29 is 18.0 Å². The molecular formula is C25H26F2N4O2. The molecule has 2 aromatic carbocycles. The maximum atomic E-state index is 13.9. The summed E-state index contributed by atoms with van der Waals surface area (Å²) in [7, 11) is 0. The molecule has 6 nitrogen and oxygen atoms in total. The number of aromatic nitrogens is 1. The minimum Gasteiger partial charge on any atom is -0.447 e. The number of hydrogen-bond acceptors (Lipinski definition) is 5. The van der Waals surface area contributed by atoms with Crippen LogP contribution in [0.3, 0.4) is 0 Å². The molecule has 0 bridgehead atoms. The minimum atomic E-state index is -0.814. The lowest BCUT2D eigenvalue weighted by atomic mass is 10.1. The van der Waals surface area contributed by atoms with Gasteiger partial charge in [0, 0.05) is 44.0 Å². The fourth-order valence-corrected chi connectivity index (χ4v) is 4.54. The zero-order valence-electron chi connectivity index (χ0n) is 18.3. The van der Waals surface area contributed by atoms with E-state index in [4.69, 9.17) is 4.42 Å². The molecule has 1 saturated heterocycles. The topological polar surface area (TPSA) is 61.6 Å². The Balaban J connectivity index is 1.12. The lowest BCUT2D eigenvalue weighted by molar-refractivity contribution is 0.102. The van der Waals surface area contributed by atoms with Crippen molar-refractivity contribution in [1.29, 1.82) is 0 Å². The molecular weight excluding hydrogens is 426 g/mol. The molecule has 1 N–H and O–H groups in total. The Hall–Kier alpha value is -3.10. The molecule has 1 fully saturated rings. The number of oxazole rings is 1. The number of carbonyl (C=O) groups is 1. The number of amides is 1. The summed E-state index contributed by atoms with van der Waals surface area (Å²) in [5, 5.41) is 2.90. The Bertz CT molecular complexity index is 1160. The van der Waals surface area contributed by atoms with Gasteiger partial charge in [-0.1, -0.05) is 18.2 Å². The highest BCUT2D eigenvalue weighted by Gasteiger charge is 2.21. The molecule has 2 aliphatic rings. The molecule has 1 aromatic heterocycles. The van der Waals surface area contributed by atoms with Crippen molar-refractivity contribution >= 4 is 11.6 Å². The monoisotopic (exact) mass is 452 g/mol. The van der Waals surface area contributed by atoms with E-state index in [1.807, 2.05) is 12.1 Å². The standard InChI is InChI=1S/C25H26F2N4O2/c26-21-6-2-5-19(24(21)27)14-30-9-11-31(12-10-30)15-23-29-22(16-33-23)25(32)28-20-8-7-17-3-1-4-18(17)13-20/h2,5-8,13,16H,1,3-4,9-12,14-15H2,(H,28,32). The van der Waals surface area contributed by atoms with Gasteiger partial charge < -0.3 is 9.73 Å². The second-order valence-corrected chi connectivity index (χ2v) is 8.68. The number of nitrogens with zero attached hydrogens (tertiary/aromatic N) is 3. The van der Waals surface area contributed by atoms with E-state index in [2.05, 4.69) is 26.2 Å². The van der Waals surface area contributed by atoms with Gasteiger partial charge in [-0.15, -0.1) is 0 Å². The molecule has 0 spiro atoms. The summed E-state index contributed by atoms with van der Waals surface area (Å²) in [5.41, 5.74) is 4.06. The van der Waals surface area contributed by atoms with Crippen LogP contribution in [0.1, 0.15) is 39.5 Å². The molecule has 8 heteroatoms. The van der Waals surface area contributed by atoms with Gasteiger partial charge >= 0.3 is 0 Å². The maximum Gasteiger partial charge on any atom is 0.277 e. The molecule has 0 unspecified atom stereocenters. The molecule has 0 saturated carbocycles. The van der Waals surface area contributed by atoms with Crippen LogP contribution in [0.25, 0.3) is 0 Å². The first-order valence-electron chi connectivity index (χ1n) is 11.3. The Morgan fingerprint density at radius 2 is 1.76 bits per heavy atom. The highest BCUT2D eigenvalue weighted by atomic mass is 19.2. The number of anilines is 1. The van der Waals surface area contributed by atoms with Crippen LogP contribution in [-0.4, -0.2) is 46.9 Å². The van der Waals surface area contributed by atoms with E-state index in [9.17, 15) is 13.6 Å². The molecule has 0 atom stereocenters. The highest BCUT2D eigenvalue weighted by molar-refractivity contribution is 6.02. The summed E-state index contributed by atoms with van der Waals surface area (Å²) >= 11 is 0. The fourth-order valence-electron chi connectivity index (χ4n) is 4.54.